The first-order valence-electron chi connectivity index (χ1n) is 8.90. The van der Waals surface area contributed by atoms with Gasteiger partial charge in [0.15, 0.2) is 0 Å². The van der Waals surface area contributed by atoms with Gasteiger partial charge in [0, 0.05) is 31.1 Å². The molecule has 2 aromatic rings. The van der Waals surface area contributed by atoms with Gasteiger partial charge >= 0.3 is 0 Å². The van der Waals surface area contributed by atoms with Crippen LogP contribution < -0.4 is 5.32 Å². The molecule has 0 radical (unpaired) electrons. The minimum atomic E-state index is -3.81. The monoisotopic (exact) mass is 421 g/mol. The molecule has 1 aliphatic rings. The third kappa shape index (κ3) is 4.11. The van der Waals surface area contributed by atoms with Crippen LogP contribution in [0.5, 0.6) is 0 Å². The molecule has 0 bridgehead atoms. The van der Waals surface area contributed by atoms with E-state index in [2.05, 4.69) is 5.32 Å². The second-order valence-corrected chi connectivity index (χ2v) is 9.82. The Morgan fingerprint density at radius 2 is 1.93 bits per heavy atom. The Morgan fingerprint density at radius 1 is 1.25 bits per heavy atom. The van der Waals surface area contributed by atoms with E-state index < -0.39 is 10.0 Å². The molecule has 2 heterocycles. The molecule has 1 atom stereocenters. The molecule has 0 saturated carbocycles. The van der Waals surface area contributed by atoms with Crippen LogP contribution in [0.25, 0.3) is 0 Å². The van der Waals surface area contributed by atoms with E-state index in [4.69, 9.17) is 0 Å². The van der Waals surface area contributed by atoms with Gasteiger partial charge in [0.25, 0.3) is 0 Å². The van der Waals surface area contributed by atoms with E-state index in [1.165, 1.54) is 43.1 Å². The molecule has 0 unspecified atom stereocenters. The summed E-state index contributed by atoms with van der Waals surface area (Å²) in [5.41, 5.74) is 1.66. The molecule has 2 amide bonds. The fourth-order valence-corrected chi connectivity index (χ4v) is 5.39. The van der Waals surface area contributed by atoms with Crippen LogP contribution in [0.15, 0.2) is 40.6 Å². The summed E-state index contributed by atoms with van der Waals surface area (Å²) in [5, 5.41) is 4.62. The Bertz CT molecular complexity index is 983. The van der Waals surface area contributed by atoms with Crippen LogP contribution in [0, 0.1) is 0 Å². The summed E-state index contributed by atoms with van der Waals surface area (Å²) in [6.45, 7) is 3.72. The molecular weight excluding hydrogens is 398 g/mol. The predicted molar refractivity (Wildman–Crippen MR) is 109 cm³/mol. The van der Waals surface area contributed by atoms with Gasteiger partial charge in [-0.3, -0.25) is 9.59 Å². The standard InChI is InChI=1S/C19H23N3O4S2/c1-13-17-9-11-27-18(17)8-10-22(13)19(24)12-21(3)28(25,26)16-6-4-15(5-7-16)20-14(2)23/h4-7,9,11,13H,8,10,12H2,1-3H3,(H,20,23)/t13-/m0/s1. The van der Waals surface area contributed by atoms with E-state index >= 15 is 0 Å². The topological polar surface area (TPSA) is 86.8 Å². The molecule has 0 aliphatic carbocycles. The summed E-state index contributed by atoms with van der Waals surface area (Å²) in [6.07, 6.45) is 0.796. The summed E-state index contributed by atoms with van der Waals surface area (Å²) >= 11 is 1.69. The van der Waals surface area contributed by atoms with Crippen molar-refractivity contribution in [2.45, 2.75) is 31.2 Å². The van der Waals surface area contributed by atoms with Crippen molar-refractivity contribution in [2.75, 3.05) is 25.5 Å². The molecule has 0 fully saturated rings. The van der Waals surface area contributed by atoms with E-state index in [0.29, 0.717) is 12.2 Å². The zero-order valence-corrected chi connectivity index (χ0v) is 17.6. The minimum absolute atomic E-state index is 0.0597. The lowest BCUT2D eigenvalue weighted by Gasteiger charge is -2.34. The number of thiophene rings is 1. The zero-order valence-electron chi connectivity index (χ0n) is 16.0. The molecule has 28 heavy (non-hydrogen) atoms. The van der Waals surface area contributed by atoms with Gasteiger partial charge in [0.1, 0.15) is 0 Å². The number of anilines is 1. The highest BCUT2D eigenvalue weighted by molar-refractivity contribution is 7.89. The first-order valence-corrected chi connectivity index (χ1v) is 11.2. The van der Waals surface area contributed by atoms with Crippen LogP contribution in [0.3, 0.4) is 0 Å². The molecule has 9 heteroatoms. The van der Waals surface area contributed by atoms with E-state index in [1.54, 1.807) is 16.2 Å². The number of hydrogen-bond donors (Lipinski definition) is 1. The Morgan fingerprint density at radius 3 is 2.57 bits per heavy atom. The molecule has 0 saturated heterocycles. The Kier molecular flexibility index (Phi) is 5.87. The van der Waals surface area contributed by atoms with Crippen molar-refractivity contribution >= 4 is 38.9 Å². The van der Waals surface area contributed by atoms with Gasteiger partial charge in [-0.1, -0.05) is 0 Å². The van der Waals surface area contributed by atoms with Crippen molar-refractivity contribution in [1.29, 1.82) is 0 Å². The van der Waals surface area contributed by atoms with Gasteiger partial charge < -0.3 is 10.2 Å². The number of amides is 2. The molecule has 1 aromatic carbocycles. The van der Waals surface area contributed by atoms with E-state index in [0.717, 1.165) is 16.3 Å². The smallest absolute Gasteiger partial charge is 0.243 e. The lowest BCUT2D eigenvalue weighted by Crippen LogP contribution is -2.44. The van der Waals surface area contributed by atoms with Gasteiger partial charge in [-0.15, -0.1) is 11.3 Å². The van der Waals surface area contributed by atoms with Crippen molar-refractivity contribution in [3.8, 4) is 0 Å². The van der Waals surface area contributed by atoms with Gasteiger partial charge in [-0.05, 0) is 54.6 Å². The fourth-order valence-electron chi connectivity index (χ4n) is 3.31. The maximum Gasteiger partial charge on any atom is 0.243 e. The molecule has 3 rings (SSSR count). The predicted octanol–water partition coefficient (Wildman–Crippen LogP) is 2.47. The molecule has 150 valence electrons. The normalized spacial score (nSPS) is 16.7. The van der Waals surface area contributed by atoms with Crippen molar-refractivity contribution in [3.05, 3.63) is 46.2 Å². The Balaban J connectivity index is 1.70. The number of rotatable bonds is 5. The van der Waals surface area contributed by atoms with Crippen molar-refractivity contribution in [1.82, 2.24) is 9.21 Å². The largest absolute Gasteiger partial charge is 0.334 e. The number of likely N-dealkylation sites (N-methyl/N-ethyl adjacent to an activating group) is 1. The van der Waals surface area contributed by atoms with Crippen molar-refractivity contribution in [2.24, 2.45) is 0 Å². The van der Waals surface area contributed by atoms with E-state index in [-0.39, 0.29) is 29.3 Å². The maximum atomic E-state index is 12.8. The van der Waals surface area contributed by atoms with E-state index in [9.17, 15) is 18.0 Å². The highest BCUT2D eigenvalue weighted by Crippen LogP contribution is 2.33. The highest BCUT2D eigenvalue weighted by Gasteiger charge is 2.31. The van der Waals surface area contributed by atoms with Gasteiger partial charge in [0.2, 0.25) is 21.8 Å². The lowest BCUT2D eigenvalue weighted by molar-refractivity contribution is -0.133. The van der Waals surface area contributed by atoms with Crippen molar-refractivity contribution < 1.29 is 18.0 Å². The van der Waals surface area contributed by atoms with Gasteiger partial charge in [-0.25, -0.2) is 8.42 Å². The molecule has 7 nitrogen and oxygen atoms in total. The summed E-state index contributed by atoms with van der Waals surface area (Å²) < 4.78 is 26.7. The summed E-state index contributed by atoms with van der Waals surface area (Å²) in [6, 6.07) is 7.85. The number of fused-ring (bicyclic) bond motifs is 1. The van der Waals surface area contributed by atoms with E-state index in [1.807, 2.05) is 18.4 Å². The zero-order chi connectivity index (χ0) is 20.5. The van der Waals surface area contributed by atoms with Crippen molar-refractivity contribution in [3.63, 3.8) is 0 Å². The Hall–Kier alpha value is -2.23. The number of nitrogens with one attached hydrogen (secondary N) is 1. The third-order valence-corrected chi connectivity index (χ3v) is 7.65. The van der Waals surface area contributed by atoms with Crippen LogP contribution in [0.4, 0.5) is 5.69 Å². The van der Waals surface area contributed by atoms with Gasteiger partial charge in [0.05, 0.1) is 17.5 Å². The molecule has 1 aliphatic heterocycles. The molecule has 1 aromatic heterocycles. The van der Waals surface area contributed by atoms with Crippen LogP contribution >= 0.6 is 11.3 Å². The summed E-state index contributed by atoms with van der Waals surface area (Å²) in [7, 11) is -2.41. The summed E-state index contributed by atoms with van der Waals surface area (Å²) in [4.78, 5) is 27.0. The second-order valence-electron chi connectivity index (χ2n) is 6.78. The second kappa shape index (κ2) is 8.02. The first kappa shape index (κ1) is 20.5. The highest BCUT2D eigenvalue weighted by atomic mass is 32.2. The minimum Gasteiger partial charge on any atom is -0.334 e. The Labute approximate surface area is 169 Å². The quantitative estimate of drug-likeness (QED) is 0.804. The number of carbonyl (C=O) groups excluding carboxylic acids is 2. The number of hydrogen-bond acceptors (Lipinski definition) is 5. The summed E-state index contributed by atoms with van der Waals surface area (Å²) in [5.74, 6) is -0.451. The third-order valence-electron chi connectivity index (χ3n) is 4.84. The van der Waals surface area contributed by atoms with Crippen LogP contribution in [0.1, 0.15) is 30.3 Å². The number of nitrogens with zero attached hydrogens (tertiary/aromatic N) is 2. The SMILES string of the molecule is CC(=O)Nc1ccc(S(=O)(=O)N(C)CC(=O)N2CCc3sccc3[C@@H]2C)cc1. The van der Waals surface area contributed by atoms with Crippen LogP contribution in [-0.2, 0) is 26.0 Å². The van der Waals surface area contributed by atoms with Crippen LogP contribution in [-0.4, -0.2) is 49.6 Å². The first-order chi connectivity index (χ1) is 13.2. The van der Waals surface area contributed by atoms with Crippen LogP contribution in [0.2, 0.25) is 0 Å². The number of sulfonamides is 1. The number of benzene rings is 1. The molecular formula is C19H23N3O4S2. The fraction of sp³-hybridized carbons (Fsp3) is 0.368. The maximum absolute atomic E-state index is 12.8. The molecule has 1 N–H and O–H groups in total. The number of carbonyl (C=O) groups is 2. The molecule has 0 spiro atoms. The average Bonchev–Trinajstić information content (AvgIpc) is 3.11. The average molecular weight is 422 g/mol. The lowest BCUT2D eigenvalue weighted by atomic mass is 10.0. The van der Waals surface area contributed by atoms with Gasteiger partial charge in [-0.2, -0.15) is 4.31 Å².